The average Bonchev–Trinajstić information content (AvgIpc) is 3.48. The van der Waals surface area contributed by atoms with Crippen molar-refractivity contribution in [3.05, 3.63) is 64.1 Å². The Balaban J connectivity index is 1.27. The molecular weight excluding hydrogens is 412 g/mol. The molecule has 7 heteroatoms. The van der Waals surface area contributed by atoms with Crippen molar-refractivity contribution in [1.82, 2.24) is 14.9 Å². The third-order valence-corrected chi connectivity index (χ3v) is 7.02. The fourth-order valence-corrected chi connectivity index (χ4v) is 5.13. The number of carbonyl (C=O) groups excluding carboxylic acids is 1. The van der Waals surface area contributed by atoms with Crippen LogP contribution in [0.5, 0.6) is 0 Å². The van der Waals surface area contributed by atoms with E-state index in [-0.39, 0.29) is 5.91 Å². The van der Waals surface area contributed by atoms with Crippen molar-refractivity contribution in [3.63, 3.8) is 0 Å². The summed E-state index contributed by atoms with van der Waals surface area (Å²) in [5.74, 6) is 2.50. The van der Waals surface area contributed by atoms with Crippen molar-refractivity contribution in [1.29, 1.82) is 0 Å². The van der Waals surface area contributed by atoms with Crippen LogP contribution in [-0.4, -0.2) is 47.0 Å². The molecule has 5 rings (SSSR count). The summed E-state index contributed by atoms with van der Waals surface area (Å²) in [7, 11) is 0. The fourth-order valence-electron chi connectivity index (χ4n) is 3.73. The Kier molecular flexibility index (Phi) is 4.95. The van der Waals surface area contributed by atoms with E-state index in [1.807, 2.05) is 10.4 Å². The Morgan fingerprint density at radius 3 is 2.57 bits per heavy atom. The minimum Gasteiger partial charge on any atom is -0.368 e. The molecular formula is C23H18N4OS2. The van der Waals surface area contributed by atoms with Gasteiger partial charge in [-0.3, -0.25) is 4.79 Å². The zero-order chi connectivity index (χ0) is 20.5. The van der Waals surface area contributed by atoms with Crippen LogP contribution in [0.3, 0.4) is 0 Å². The Hall–Kier alpha value is -3.21. The van der Waals surface area contributed by atoms with Crippen molar-refractivity contribution < 1.29 is 4.79 Å². The lowest BCUT2D eigenvalue weighted by molar-refractivity contribution is 0.0751. The molecule has 0 radical (unpaired) electrons. The van der Waals surface area contributed by atoms with E-state index in [2.05, 4.69) is 63.3 Å². The number of aromatic nitrogens is 2. The quantitative estimate of drug-likeness (QED) is 0.453. The molecule has 0 bridgehead atoms. The summed E-state index contributed by atoms with van der Waals surface area (Å²) in [6.45, 7) is 2.96. The van der Waals surface area contributed by atoms with E-state index in [4.69, 9.17) is 6.42 Å². The molecule has 4 aromatic rings. The first-order chi connectivity index (χ1) is 14.7. The van der Waals surface area contributed by atoms with E-state index < -0.39 is 0 Å². The van der Waals surface area contributed by atoms with Crippen molar-refractivity contribution >= 4 is 44.5 Å². The Bertz CT molecular complexity index is 1240. The molecule has 0 atom stereocenters. The highest BCUT2D eigenvalue weighted by molar-refractivity contribution is 7.16. The number of hydrogen-bond donors (Lipinski definition) is 0. The van der Waals surface area contributed by atoms with E-state index >= 15 is 0 Å². The molecule has 5 nitrogen and oxygen atoms in total. The first-order valence-electron chi connectivity index (χ1n) is 9.62. The van der Waals surface area contributed by atoms with Crippen LogP contribution >= 0.6 is 22.7 Å². The summed E-state index contributed by atoms with van der Waals surface area (Å²) in [4.78, 5) is 26.1. The molecule has 0 spiro atoms. The van der Waals surface area contributed by atoms with E-state index in [0.29, 0.717) is 23.0 Å². The lowest BCUT2D eigenvalue weighted by Gasteiger charge is -2.36. The molecule has 0 saturated carbocycles. The number of carbonyl (C=O) groups is 1. The molecule has 0 unspecified atom stereocenters. The summed E-state index contributed by atoms with van der Waals surface area (Å²) in [6, 6.07) is 14.9. The maximum Gasteiger partial charge on any atom is 0.265 e. The third-order valence-electron chi connectivity index (χ3n) is 5.31. The van der Waals surface area contributed by atoms with E-state index in [0.717, 1.165) is 24.2 Å². The van der Waals surface area contributed by atoms with Gasteiger partial charge in [-0.1, -0.05) is 24.3 Å². The number of hydrogen-bond acceptors (Lipinski definition) is 6. The van der Waals surface area contributed by atoms with Crippen LogP contribution in [0, 0.1) is 12.3 Å². The van der Waals surface area contributed by atoms with Gasteiger partial charge < -0.3 is 9.80 Å². The number of rotatable bonds is 3. The highest BCUT2D eigenvalue weighted by atomic mass is 32.1. The van der Waals surface area contributed by atoms with Gasteiger partial charge in [0.2, 0.25) is 0 Å². The summed E-state index contributed by atoms with van der Waals surface area (Å²) in [5, 5.41) is 0.547. The summed E-state index contributed by atoms with van der Waals surface area (Å²) < 4.78 is 1.20. The zero-order valence-corrected chi connectivity index (χ0v) is 17.7. The highest BCUT2D eigenvalue weighted by Crippen LogP contribution is 2.31. The molecule has 2 aromatic carbocycles. The second-order valence-corrected chi connectivity index (χ2v) is 8.92. The van der Waals surface area contributed by atoms with Gasteiger partial charge in [0.1, 0.15) is 4.88 Å². The van der Waals surface area contributed by atoms with Gasteiger partial charge in [0.25, 0.3) is 5.91 Å². The minimum atomic E-state index is 0.0142. The highest BCUT2D eigenvalue weighted by Gasteiger charge is 2.23. The SMILES string of the molecule is C#Cc1ncc(C(=O)N2CCN(c3ccc(-c4cccc5scnc45)cc3)CC2)s1. The van der Waals surface area contributed by atoms with Crippen LogP contribution in [0.1, 0.15) is 14.7 Å². The lowest BCUT2D eigenvalue weighted by Crippen LogP contribution is -2.48. The Labute approximate surface area is 182 Å². The van der Waals surface area contributed by atoms with Crippen LogP contribution in [-0.2, 0) is 0 Å². The van der Waals surface area contributed by atoms with Crippen LogP contribution in [0.15, 0.2) is 54.2 Å². The molecule has 0 aliphatic carbocycles. The second kappa shape index (κ2) is 7.90. The van der Waals surface area contributed by atoms with Crippen molar-refractivity contribution in [2.24, 2.45) is 0 Å². The number of benzene rings is 2. The van der Waals surface area contributed by atoms with Gasteiger partial charge in [0.15, 0.2) is 5.01 Å². The molecule has 1 amide bonds. The first-order valence-corrected chi connectivity index (χ1v) is 11.3. The maximum atomic E-state index is 12.7. The second-order valence-electron chi connectivity index (χ2n) is 7.00. The Morgan fingerprint density at radius 2 is 1.83 bits per heavy atom. The average molecular weight is 431 g/mol. The molecule has 2 aromatic heterocycles. The third kappa shape index (κ3) is 3.45. The van der Waals surface area contributed by atoms with Gasteiger partial charge in [0, 0.05) is 37.4 Å². The van der Waals surface area contributed by atoms with Crippen LogP contribution in [0.25, 0.3) is 21.3 Å². The van der Waals surface area contributed by atoms with Crippen molar-refractivity contribution in [2.45, 2.75) is 0 Å². The zero-order valence-electron chi connectivity index (χ0n) is 16.1. The molecule has 30 heavy (non-hydrogen) atoms. The molecule has 1 aliphatic heterocycles. The predicted molar refractivity (Wildman–Crippen MR) is 123 cm³/mol. The lowest BCUT2D eigenvalue weighted by atomic mass is 10.0. The molecule has 1 aliphatic rings. The normalized spacial score (nSPS) is 14.1. The van der Waals surface area contributed by atoms with Gasteiger partial charge in [-0.05, 0) is 29.7 Å². The molecule has 0 N–H and O–H groups in total. The van der Waals surface area contributed by atoms with Crippen LogP contribution in [0.4, 0.5) is 5.69 Å². The number of para-hydroxylation sites is 1. The standard InChI is InChI=1S/C23H18N4OS2/c1-2-21-24-14-20(30-21)23(28)27-12-10-26(11-13-27)17-8-6-16(7-9-17)18-4-3-5-19-22(18)25-15-29-19/h1,3-9,14-15H,10-13H2. The maximum absolute atomic E-state index is 12.7. The fraction of sp³-hybridized carbons (Fsp3) is 0.174. The molecule has 3 heterocycles. The number of terminal acetylenes is 1. The number of fused-ring (bicyclic) bond motifs is 1. The van der Waals surface area contributed by atoms with Crippen LogP contribution in [0.2, 0.25) is 0 Å². The van der Waals surface area contributed by atoms with Gasteiger partial charge in [-0.25, -0.2) is 9.97 Å². The summed E-state index contributed by atoms with van der Waals surface area (Å²) in [6.07, 6.45) is 6.94. The number of piperazine rings is 1. The van der Waals surface area contributed by atoms with Gasteiger partial charge in [-0.2, -0.15) is 0 Å². The number of amides is 1. The minimum absolute atomic E-state index is 0.0142. The summed E-state index contributed by atoms with van der Waals surface area (Å²) in [5.41, 5.74) is 6.44. The van der Waals surface area contributed by atoms with E-state index in [9.17, 15) is 4.79 Å². The van der Waals surface area contributed by atoms with Gasteiger partial charge in [-0.15, -0.1) is 29.1 Å². The summed E-state index contributed by atoms with van der Waals surface area (Å²) >= 11 is 2.94. The van der Waals surface area contributed by atoms with Crippen LogP contribution < -0.4 is 4.90 Å². The number of nitrogens with zero attached hydrogens (tertiary/aromatic N) is 4. The van der Waals surface area contributed by atoms with Gasteiger partial charge in [0.05, 0.1) is 21.9 Å². The Morgan fingerprint density at radius 1 is 1.03 bits per heavy atom. The molecule has 148 valence electrons. The van der Waals surface area contributed by atoms with E-state index in [1.165, 1.54) is 27.3 Å². The van der Waals surface area contributed by atoms with Crippen molar-refractivity contribution in [2.75, 3.05) is 31.1 Å². The van der Waals surface area contributed by atoms with Gasteiger partial charge >= 0.3 is 0 Å². The van der Waals surface area contributed by atoms with E-state index in [1.54, 1.807) is 17.5 Å². The monoisotopic (exact) mass is 430 g/mol. The first kappa shape index (κ1) is 18.8. The smallest absolute Gasteiger partial charge is 0.265 e. The largest absolute Gasteiger partial charge is 0.368 e. The predicted octanol–water partition coefficient (Wildman–Crippen LogP) is 4.36. The topological polar surface area (TPSA) is 49.3 Å². The van der Waals surface area contributed by atoms with Crippen molar-refractivity contribution in [3.8, 4) is 23.5 Å². The molecule has 1 fully saturated rings. The number of thiazole rings is 2. The number of anilines is 1. The molecule has 1 saturated heterocycles.